The van der Waals surface area contributed by atoms with Gasteiger partial charge < -0.3 is 10.0 Å². The average molecular weight is 418 g/mol. The first-order valence-electron chi connectivity index (χ1n) is 9.98. The van der Waals surface area contributed by atoms with Gasteiger partial charge in [-0.1, -0.05) is 17.7 Å². The molecule has 1 aromatic heterocycles. The summed E-state index contributed by atoms with van der Waals surface area (Å²) in [7, 11) is 0. The highest BCUT2D eigenvalue weighted by Gasteiger charge is 2.43. The molecular weight excluding hydrogens is 393 g/mol. The maximum absolute atomic E-state index is 14.1. The molecule has 1 unspecified atom stereocenters. The number of pyridine rings is 1. The number of benzene rings is 1. The van der Waals surface area contributed by atoms with Crippen LogP contribution in [0.1, 0.15) is 35.2 Å². The molecule has 154 valence electrons. The normalized spacial score (nSPS) is 22.0. The van der Waals surface area contributed by atoms with Crippen LogP contribution in [0.4, 0.5) is 4.39 Å². The summed E-state index contributed by atoms with van der Waals surface area (Å²) in [6.07, 6.45) is 5.13. The average Bonchev–Trinajstić information content (AvgIpc) is 2.71. The van der Waals surface area contributed by atoms with Gasteiger partial charge in [0.15, 0.2) is 0 Å². The summed E-state index contributed by atoms with van der Waals surface area (Å²) in [6.45, 7) is 3.16. The molecule has 7 heteroatoms. The van der Waals surface area contributed by atoms with Gasteiger partial charge in [0.2, 0.25) is 0 Å². The number of aromatic nitrogens is 1. The summed E-state index contributed by atoms with van der Waals surface area (Å²) < 4.78 is 14.1. The summed E-state index contributed by atoms with van der Waals surface area (Å²) in [5.74, 6) is -0.360. The van der Waals surface area contributed by atoms with Crippen molar-refractivity contribution in [3.63, 3.8) is 0 Å². The van der Waals surface area contributed by atoms with Crippen molar-refractivity contribution in [3.8, 4) is 0 Å². The number of piperidine rings is 2. The number of halogens is 2. The highest BCUT2D eigenvalue weighted by Crippen LogP contribution is 2.40. The summed E-state index contributed by atoms with van der Waals surface area (Å²) in [4.78, 5) is 20.9. The van der Waals surface area contributed by atoms with Gasteiger partial charge in [0, 0.05) is 42.6 Å². The minimum absolute atomic E-state index is 0.0816. The van der Waals surface area contributed by atoms with E-state index in [1.54, 1.807) is 41.6 Å². The van der Waals surface area contributed by atoms with Gasteiger partial charge >= 0.3 is 0 Å². The lowest BCUT2D eigenvalue weighted by atomic mass is 9.71. The van der Waals surface area contributed by atoms with Crippen molar-refractivity contribution >= 4 is 17.5 Å². The predicted octanol–water partition coefficient (Wildman–Crippen LogP) is 3.36. The minimum Gasteiger partial charge on any atom is -0.391 e. The van der Waals surface area contributed by atoms with Gasteiger partial charge in [-0.2, -0.15) is 0 Å². The van der Waals surface area contributed by atoms with Crippen molar-refractivity contribution < 1.29 is 14.3 Å². The number of aliphatic hydroxyl groups is 1. The maximum Gasteiger partial charge on any atom is 0.255 e. The zero-order chi connectivity index (χ0) is 20.4. The van der Waals surface area contributed by atoms with Gasteiger partial charge in [-0.3, -0.25) is 14.7 Å². The van der Waals surface area contributed by atoms with Crippen molar-refractivity contribution in [1.29, 1.82) is 0 Å². The van der Waals surface area contributed by atoms with E-state index in [4.69, 9.17) is 11.6 Å². The molecular formula is C22H25ClFN3O2. The Morgan fingerprint density at radius 1 is 1.31 bits per heavy atom. The molecule has 0 bridgehead atoms. The molecule has 0 radical (unpaired) electrons. The van der Waals surface area contributed by atoms with Crippen LogP contribution >= 0.6 is 11.6 Å². The molecule has 2 aliphatic rings. The number of aliphatic hydroxyl groups excluding tert-OH is 1. The number of carbonyl (C=O) groups excluding carboxylic acids is 1. The van der Waals surface area contributed by atoms with Crippen LogP contribution in [-0.2, 0) is 6.54 Å². The van der Waals surface area contributed by atoms with E-state index in [0.717, 1.165) is 25.9 Å². The number of rotatable bonds is 3. The van der Waals surface area contributed by atoms with Crippen LogP contribution in [0.5, 0.6) is 0 Å². The number of carbonyl (C=O) groups is 1. The monoisotopic (exact) mass is 417 g/mol. The van der Waals surface area contributed by atoms with Crippen LogP contribution in [0.15, 0.2) is 42.7 Å². The molecule has 0 aliphatic carbocycles. The third-order valence-electron chi connectivity index (χ3n) is 6.15. The Morgan fingerprint density at radius 2 is 2.10 bits per heavy atom. The highest BCUT2D eigenvalue weighted by atomic mass is 35.5. The van der Waals surface area contributed by atoms with E-state index in [2.05, 4.69) is 9.88 Å². The molecule has 2 saturated heterocycles. The van der Waals surface area contributed by atoms with E-state index in [0.29, 0.717) is 42.2 Å². The van der Waals surface area contributed by atoms with Crippen molar-refractivity contribution in [2.45, 2.75) is 31.9 Å². The van der Waals surface area contributed by atoms with Gasteiger partial charge in [-0.05, 0) is 62.0 Å². The van der Waals surface area contributed by atoms with Crippen molar-refractivity contribution in [3.05, 3.63) is 64.7 Å². The van der Waals surface area contributed by atoms with E-state index >= 15 is 0 Å². The van der Waals surface area contributed by atoms with Crippen LogP contribution in [0.2, 0.25) is 5.02 Å². The lowest BCUT2D eigenvalue weighted by Crippen LogP contribution is -2.55. The summed E-state index contributed by atoms with van der Waals surface area (Å²) in [5.41, 5.74) is 1.10. The molecule has 2 aliphatic heterocycles. The van der Waals surface area contributed by atoms with Crippen LogP contribution < -0.4 is 0 Å². The number of β-amino-alcohol motifs (C(OH)–C–C–N with tert-alkyl or cyclic N) is 1. The Hall–Kier alpha value is -2.02. The highest BCUT2D eigenvalue weighted by molar-refractivity contribution is 6.30. The fourth-order valence-corrected chi connectivity index (χ4v) is 4.78. The Morgan fingerprint density at radius 3 is 2.79 bits per heavy atom. The predicted molar refractivity (Wildman–Crippen MR) is 109 cm³/mol. The van der Waals surface area contributed by atoms with Gasteiger partial charge in [0.05, 0.1) is 11.7 Å². The van der Waals surface area contributed by atoms with Crippen molar-refractivity contribution in [2.24, 2.45) is 5.41 Å². The molecule has 2 fully saturated rings. The van der Waals surface area contributed by atoms with Crippen LogP contribution in [0, 0.1) is 11.2 Å². The summed E-state index contributed by atoms with van der Waals surface area (Å²) in [5, 5.41) is 10.9. The third-order valence-corrected chi connectivity index (χ3v) is 6.38. The molecule has 5 nitrogen and oxygen atoms in total. The molecule has 1 N–H and O–H groups in total. The molecule has 1 amide bonds. The number of hydrogen-bond donors (Lipinski definition) is 1. The zero-order valence-corrected chi connectivity index (χ0v) is 17.0. The molecule has 4 rings (SSSR count). The molecule has 2 aromatic rings. The quantitative estimate of drug-likeness (QED) is 0.832. The third kappa shape index (κ3) is 4.60. The maximum atomic E-state index is 14.1. The van der Waals surface area contributed by atoms with Crippen LogP contribution in [0.3, 0.4) is 0 Å². The van der Waals surface area contributed by atoms with E-state index in [9.17, 15) is 14.3 Å². The van der Waals surface area contributed by atoms with Crippen molar-refractivity contribution in [1.82, 2.24) is 14.8 Å². The van der Waals surface area contributed by atoms with Crippen LogP contribution in [0.25, 0.3) is 0 Å². The first kappa shape index (κ1) is 20.3. The Labute approximate surface area is 175 Å². The van der Waals surface area contributed by atoms with Crippen molar-refractivity contribution in [2.75, 3.05) is 26.2 Å². The number of nitrogens with zero attached hydrogens (tertiary/aromatic N) is 3. The fourth-order valence-electron chi connectivity index (χ4n) is 4.62. The first-order valence-corrected chi connectivity index (χ1v) is 10.4. The SMILES string of the molecule is O=C(c1cccnc1)N1CC(O)CC2(CCN(Cc3ccc(Cl)cc3F)CC2)C1. The Bertz CT molecular complexity index is 872. The zero-order valence-electron chi connectivity index (χ0n) is 16.2. The largest absolute Gasteiger partial charge is 0.391 e. The summed E-state index contributed by atoms with van der Waals surface area (Å²) >= 11 is 5.84. The number of hydrogen-bond acceptors (Lipinski definition) is 4. The minimum atomic E-state index is -0.523. The number of likely N-dealkylation sites (tertiary alicyclic amines) is 2. The second-order valence-electron chi connectivity index (χ2n) is 8.30. The van der Waals surface area contributed by atoms with Gasteiger partial charge in [-0.25, -0.2) is 4.39 Å². The van der Waals surface area contributed by atoms with Gasteiger partial charge in [-0.15, -0.1) is 0 Å². The van der Waals surface area contributed by atoms with E-state index < -0.39 is 6.10 Å². The van der Waals surface area contributed by atoms with E-state index in [1.165, 1.54) is 6.07 Å². The molecule has 3 heterocycles. The van der Waals surface area contributed by atoms with E-state index in [1.807, 2.05) is 0 Å². The van der Waals surface area contributed by atoms with E-state index in [-0.39, 0.29) is 17.1 Å². The van der Waals surface area contributed by atoms with Gasteiger partial charge in [0.1, 0.15) is 5.82 Å². The first-order chi connectivity index (χ1) is 13.9. The molecule has 1 atom stereocenters. The Balaban J connectivity index is 1.40. The van der Waals surface area contributed by atoms with Gasteiger partial charge in [0.25, 0.3) is 5.91 Å². The molecule has 1 spiro atoms. The summed E-state index contributed by atoms with van der Waals surface area (Å²) in [6, 6.07) is 8.30. The molecule has 29 heavy (non-hydrogen) atoms. The standard InChI is InChI=1S/C22H25ClFN3O2/c23-18-4-3-17(20(24)10-18)13-26-8-5-22(6-9-26)11-19(28)14-27(15-22)21(29)16-2-1-7-25-12-16/h1-4,7,10,12,19,28H,5-6,8-9,11,13-15H2. The molecule has 0 saturated carbocycles. The second-order valence-corrected chi connectivity index (χ2v) is 8.73. The second kappa shape index (κ2) is 8.38. The fraction of sp³-hybridized carbons (Fsp3) is 0.455. The lowest BCUT2D eigenvalue weighted by Gasteiger charge is -2.49. The Kier molecular flexibility index (Phi) is 5.86. The topological polar surface area (TPSA) is 56.7 Å². The van der Waals surface area contributed by atoms with Crippen LogP contribution in [-0.4, -0.2) is 58.1 Å². The molecule has 1 aromatic carbocycles. The smallest absolute Gasteiger partial charge is 0.255 e. The lowest BCUT2D eigenvalue weighted by molar-refractivity contribution is -0.0338. The number of amides is 1.